The lowest BCUT2D eigenvalue weighted by Crippen LogP contribution is -2.40. The smallest absolute Gasteiger partial charge is 0.361 e. The fourth-order valence-electron chi connectivity index (χ4n) is 14.3. The predicted octanol–water partition coefficient (Wildman–Crippen LogP) is 28.9. The minimum atomic E-state index is -1.51. The van der Waals surface area contributed by atoms with Crippen LogP contribution >= 0.6 is 0 Å². The Labute approximate surface area is 613 Å². The van der Waals surface area contributed by atoms with E-state index in [1.807, 2.05) is 21.1 Å². The third kappa shape index (κ3) is 81.6. The summed E-state index contributed by atoms with van der Waals surface area (Å²) in [6, 6.07) is 0. The lowest BCUT2D eigenvalue weighted by molar-refractivity contribution is -0.870. The number of esters is 2. The van der Waals surface area contributed by atoms with Crippen LogP contribution in [0.25, 0.3) is 0 Å². The highest BCUT2D eigenvalue weighted by Crippen LogP contribution is 2.22. The van der Waals surface area contributed by atoms with Crippen molar-refractivity contribution >= 4 is 17.9 Å². The van der Waals surface area contributed by atoms with E-state index < -0.39 is 18.4 Å². The van der Waals surface area contributed by atoms with Crippen LogP contribution in [0.2, 0.25) is 0 Å². The van der Waals surface area contributed by atoms with Crippen molar-refractivity contribution in [2.24, 2.45) is 0 Å². The van der Waals surface area contributed by atoms with Crippen molar-refractivity contribution in [1.29, 1.82) is 0 Å². The number of hydrogen-bond acceptors (Lipinski definition) is 7. The molecule has 0 spiro atoms. The number of nitrogens with zero attached hydrogens (tertiary/aromatic N) is 1. The molecular formula is C89H176NO8+. The summed E-state index contributed by atoms with van der Waals surface area (Å²) in [7, 11) is 6.01. The molecule has 0 saturated carbocycles. The molecule has 0 heterocycles. The fourth-order valence-corrected chi connectivity index (χ4v) is 14.3. The van der Waals surface area contributed by atoms with Gasteiger partial charge in [-0.05, 0) is 12.8 Å². The van der Waals surface area contributed by atoms with E-state index in [1.165, 1.54) is 430 Å². The molecule has 0 saturated heterocycles. The molecule has 0 amide bonds. The average Bonchev–Trinajstić information content (AvgIpc) is 1.40. The number of carbonyl (C=O) groups is 3. The van der Waals surface area contributed by atoms with E-state index in [4.69, 9.17) is 18.9 Å². The van der Waals surface area contributed by atoms with Crippen molar-refractivity contribution in [3.8, 4) is 0 Å². The van der Waals surface area contributed by atoms with Crippen LogP contribution in [0, 0.1) is 0 Å². The molecule has 98 heavy (non-hydrogen) atoms. The van der Waals surface area contributed by atoms with Gasteiger partial charge >= 0.3 is 17.9 Å². The Hall–Kier alpha value is -1.71. The molecule has 0 bridgehead atoms. The standard InChI is InChI=1S/C89H175NO8/c1-6-8-10-12-14-16-18-20-22-24-26-28-30-32-34-36-38-40-41-42-43-44-45-46-47-48-50-52-54-56-58-60-62-64-66-68-70-72-74-76-78-80-87(92)98-85(84-97-89(88(93)94)95-82-81-90(3,4)5)83-96-86(91)79-77-75-73-71-69-67-65-63-61-59-57-55-53-51-49-39-37-35-33-31-29-27-25-23-21-19-17-15-13-11-9-7-2/h85,89H,6-84H2,1-5H3/p+1. The van der Waals surface area contributed by atoms with Gasteiger partial charge in [0.05, 0.1) is 34.4 Å². The molecule has 0 aromatic carbocycles. The normalized spacial score (nSPS) is 12.5. The van der Waals surface area contributed by atoms with Crippen LogP contribution in [0.3, 0.4) is 0 Å². The first-order valence-corrected chi connectivity index (χ1v) is 44.7. The van der Waals surface area contributed by atoms with Gasteiger partial charge in [-0.3, -0.25) is 9.59 Å². The Morgan fingerprint density at radius 2 is 0.459 bits per heavy atom. The second-order valence-corrected chi connectivity index (χ2v) is 32.3. The Bertz CT molecular complexity index is 1570. The lowest BCUT2D eigenvalue weighted by Gasteiger charge is -2.25. The molecular weight excluding hydrogens is 1210 g/mol. The number of carboxylic acid groups (broad SMARTS) is 1. The summed E-state index contributed by atoms with van der Waals surface area (Å²) in [5.74, 6) is -1.96. The third-order valence-corrected chi connectivity index (χ3v) is 21.1. The zero-order valence-corrected chi connectivity index (χ0v) is 67.3. The van der Waals surface area contributed by atoms with E-state index in [1.54, 1.807) is 0 Å². The number of carbonyl (C=O) groups excluding carboxylic acids is 2. The van der Waals surface area contributed by atoms with Gasteiger partial charge in [-0.25, -0.2) is 4.79 Å². The Balaban J connectivity index is 3.87. The van der Waals surface area contributed by atoms with Crippen molar-refractivity contribution in [1.82, 2.24) is 0 Å². The summed E-state index contributed by atoms with van der Waals surface area (Å²) in [5.41, 5.74) is 0. The van der Waals surface area contributed by atoms with Gasteiger partial charge in [0.25, 0.3) is 6.29 Å². The van der Waals surface area contributed by atoms with E-state index in [-0.39, 0.29) is 38.2 Å². The Morgan fingerprint density at radius 1 is 0.265 bits per heavy atom. The number of likely N-dealkylation sites (N-methyl/N-ethyl adjacent to an activating group) is 1. The van der Waals surface area contributed by atoms with Gasteiger partial charge in [0.15, 0.2) is 6.10 Å². The summed E-state index contributed by atoms with van der Waals surface area (Å²) in [6.07, 6.45) is 98.9. The number of aliphatic carboxylic acids is 1. The molecule has 0 aliphatic carbocycles. The predicted molar refractivity (Wildman–Crippen MR) is 425 cm³/mol. The first-order chi connectivity index (χ1) is 48.1. The van der Waals surface area contributed by atoms with E-state index in [9.17, 15) is 19.5 Å². The van der Waals surface area contributed by atoms with Crippen LogP contribution in [0.15, 0.2) is 0 Å². The van der Waals surface area contributed by atoms with Crippen molar-refractivity contribution in [3.05, 3.63) is 0 Å². The summed E-state index contributed by atoms with van der Waals surface area (Å²) in [6.45, 7) is 4.99. The highest BCUT2D eigenvalue weighted by atomic mass is 16.7. The number of ether oxygens (including phenoxy) is 4. The highest BCUT2D eigenvalue weighted by molar-refractivity contribution is 5.71. The molecule has 2 unspecified atom stereocenters. The van der Waals surface area contributed by atoms with E-state index in [2.05, 4.69) is 13.8 Å². The zero-order valence-electron chi connectivity index (χ0n) is 67.3. The lowest BCUT2D eigenvalue weighted by atomic mass is 10.0. The molecule has 0 aliphatic heterocycles. The number of quaternary nitrogens is 1. The zero-order chi connectivity index (χ0) is 71.1. The molecule has 0 radical (unpaired) electrons. The largest absolute Gasteiger partial charge is 0.477 e. The van der Waals surface area contributed by atoms with Gasteiger partial charge < -0.3 is 28.5 Å². The van der Waals surface area contributed by atoms with Gasteiger partial charge in [-0.15, -0.1) is 0 Å². The third-order valence-electron chi connectivity index (χ3n) is 21.1. The molecule has 0 aromatic rings. The fraction of sp³-hybridized carbons (Fsp3) is 0.966. The van der Waals surface area contributed by atoms with Gasteiger partial charge in [0, 0.05) is 12.8 Å². The molecule has 584 valence electrons. The summed E-state index contributed by atoms with van der Waals surface area (Å²) < 4.78 is 23.1. The van der Waals surface area contributed by atoms with Gasteiger partial charge in [-0.2, -0.15) is 0 Å². The van der Waals surface area contributed by atoms with Crippen molar-refractivity contribution in [3.63, 3.8) is 0 Å². The number of carboxylic acids is 1. The minimum Gasteiger partial charge on any atom is -0.477 e. The van der Waals surface area contributed by atoms with Crippen LogP contribution in [-0.2, 0) is 33.3 Å². The maximum atomic E-state index is 13.0. The summed E-state index contributed by atoms with van der Waals surface area (Å²) in [5, 5.41) is 9.79. The van der Waals surface area contributed by atoms with E-state index in [0.29, 0.717) is 17.4 Å². The molecule has 0 rings (SSSR count). The number of unbranched alkanes of at least 4 members (excludes halogenated alkanes) is 71. The van der Waals surface area contributed by atoms with Crippen LogP contribution in [0.5, 0.6) is 0 Å². The van der Waals surface area contributed by atoms with Crippen LogP contribution < -0.4 is 0 Å². The second kappa shape index (κ2) is 81.0. The summed E-state index contributed by atoms with van der Waals surface area (Å²) in [4.78, 5) is 37.8. The highest BCUT2D eigenvalue weighted by Gasteiger charge is 2.25. The van der Waals surface area contributed by atoms with Crippen molar-refractivity contribution in [2.75, 3.05) is 47.5 Å². The SMILES string of the molecule is CCCCCCCCCCCCCCCCCCCCCCCCCCCCCCCCCCCCCCCCCCCC(=O)OC(COC(=O)CCCCCCCCCCCCCCCCCCCCCCCCCCCCCCCCCC)COC(OCC[N+](C)(C)C)C(=O)O. The maximum Gasteiger partial charge on any atom is 0.361 e. The molecule has 9 nitrogen and oxygen atoms in total. The van der Waals surface area contributed by atoms with Gasteiger partial charge in [0.1, 0.15) is 13.2 Å². The summed E-state index contributed by atoms with van der Waals surface area (Å²) >= 11 is 0. The second-order valence-electron chi connectivity index (χ2n) is 32.3. The molecule has 9 heteroatoms. The quantitative estimate of drug-likeness (QED) is 0.0278. The minimum absolute atomic E-state index is 0.171. The Kier molecular flexibility index (Phi) is 79.6. The van der Waals surface area contributed by atoms with Crippen LogP contribution in [-0.4, -0.2) is 87.4 Å². The molecule has 1 N–H and O–H groups in total. The average molecular weight is 1390 g/mol. The van der Waals surface area contributed by atoms with Crippen molar-refractivity contribution in [2.45, 2.75) is 508 Å². The first kappa shape index (κ1) is 96.3. The van der Waals surface area contributed by atoms with Gasteiger partial charge in [0.2, 0.25) is 0 Å². The van der Waals surface area contributed by atoms with Gasteiger partial charge in [-0.1, -0.05) is 470 Å². The number of hydrogen-bond donors (Lipinski definition) is 1. The van der Waals surface area contributed by atoms with Crippen LogP contribution in [0.1, 0.15) is 495 Å². The molecule has 0 aromatic heterocycles. The molecule has 2 atom stereocenters. The number of rotatable bonds is 86. The first-order valence-electron chi connectivity index (χ1n) is 44.7. The maximum absolute atomic E-state index is 13.0. The van der Waals surface area contributed by atoms with Crippen LogP contribution in [0.4, 0.5) is 0 Å². The van der Waals surface area contributed by atoms with Crippen molar-refractivity contribution < 1.29 is 42.9 Å². The molecule has 0 aliphatic rings. The topological polar surface area (TPSA) is 108 Å². The monoisotopic (exact) mass is 1390 g/mol. The van der Waals surface area contributed by atoms with E-state index >= 15 is 0 Å². The Morgan fingerprint density at radius 3 is 0.653 bits per heavy atom. The van der Waals surface area contributed by atoms with E-state index in [0.717, 1.165) is 38.5 Å². The molecule has 0 fully saturated rings.